The number of aryl methyl sites for hydroxylation is 1. The summed E-state index contributed by atoms with van der Waals surface area (Å²) in [5.74, 6) is 1.36. The fourth-order valence-electron chi connectivity index (χ4n) is 3.91. The number of hydrogen-bond donors (Lipinski definition) is 1. The zero-order valence-corrected chi connectivity index (χ0v) is 20.8. The van der Waals surface area contributed by atoms with Gasteiger partial charge in [-0.25, -0.2) is 4.98 Å². The van der Waals surface area contributed by atoms with Crippen LogP contribution in [0.25, 0.3) is 17.0 Å². The lowest BCUT2D eigenvalue weighted by Crippen LogP contribution is -2.13. The Morgan fingerprint density at radius 3 is 2.56 bits per heavy atom. The molecule has 0 saturated carbocycles. The van der Waals surface area contributed by atoms with Crippen LogP contribution in [0, 0.1) is 6.92 Å². The molecule has 2 aromatic carbocycles. The number of hydrogen-bond acceptors (Lipinski definition) is 5. The van der Waals surface area contributed by atoms with Gasteiger partial charge in [0.15, 0.2) is 5.82 Å². The largest absolute Gasteiger partial charge is 0.497 e. The van der Waals surface area contributed by atoms with E-state index in [0.717, 1.165) is 33.9 Å². The molecule has 9 heteroatoms. The minimum Gasteiger partial charge on any atom is -0.497 e. The predicted molar refractivity (Wildman–Crippen MR) is 139 cm³/mol. The highest BCUT2D eigenvalue weighted by Gasteiger charge is 2.17. The number of carbonyl (C=O) groups is 1. The maximum absolute atomic E-state index is 12.9. The highest BCUT2D eigenvalue weighted by molar-refractivity contribution is 6.32. The van der Waals surface area contributed by atoms with Crippen molar-refractivity contribution in [2.75, 3.05) is 19.5 Å². The first kappa shape index (κ1) is 23.4. The summed E-state index contributed by atoms with van der Waals surface area (Å²) in [6.07, 6.45) is 3.92. The zero-order valence-electron chi connectivity index (χ0n) is 20.0. The molecule has 0 unspecified atom stereocenters. The second-order valence-electron chi connectivity index (χ2n) is 8.32. The Morgan fingerprint density at radius 2 is 1.83 bits per heavy atom. The van der Waals surface area contributed by atoms with Gasteiger partial charge in [-0.3, -0.25) is 9.48 Å². The number of nitrogens with one attached hydrogen (secondary N) is 1. The third-order valence-electron chi connectivity index (χ3n) is 5.81. The molecule has 5 aromatic rings. The summed E-state index contributed by atoms with van der Waals surface area (Å²) < 4.78 is 14.2. The Kier molecular flexibility index (Phi) is 6.35. The number of halogens is 1. The molecule has 1 N–H and O–H groups in total. The van der Waals surface area contributed by atoms with Crippen molar-refractivity contribution >= 4 is 29.0 Å². The van der Waals surface area contributed by atoms with Crippen LogP contribution in [0.4, 0.5) is 5.82 Å². The minimum atomic E-state index is -0.328. The summed E-state index contributed by atoms with van der Waals surface area (Å²) in [6, 6.07) is 18.5. The van der Waals surface area contributed by atoms with Crippen molar-refractivity contribution < 1.29 is 14.3 Å². The predicted octanol–water partition coefficient (Wildman–Crippen LogP) is 5.48. The lowest BCUT2D eigenvalue weighted by Gasteiger charge is -2.07. The number of anilines is 1. The Morgan fingerprint density at radius 1 is 1.03 bits per heavy atom. The number of carbonyl (C=O) groups excluding carboxylic acids is 1. The van der Waals surface area contributed by atoms with Crippen LogP contribution in [0.5, 0.6) is 11.5 Å². The maximum atomic E-state index is 12.9. The molecule has 0 saturated heterocycles. The Labute approximate surface area is 213 Å². The maximum Gasteiger partial charge on any atom is 0.256 e. The third-order valence-corrected chi connectivity index (χ3v) is 6.10. The van der Waals surface area contributed by atoms with E-state index in [1.165, 1.54) is 7.11 Å². The number of nitrogens with zero attached hydrogens (tertiary/aromatic N) is 4. The van der Waals surface area contributed by atoms with Crippen molar-refractivity contribution in [2.24, 2.45) is 0 Å². The van der Waals surface area contributed by atoms with Crippen LogP contribution in [0.15, 0.2) is 73.1 Å². The minimum absolute atomic E-state index is 0.328. The van der Waals surface area contributed by atoms with E-state index in [9.17, 15) is 4.79 Å². The first-order valence-corrected chi connectivity index (χ1v) is 11.6. The molecular weight excluding hydrogens is 478 g/mol. The molecule has 0 fully saturated rings. The highest BCUT2D eigenvalue weighted by Crippen LogP contribution is 2.27. The normalized spacial score (nSPS) is 11.0. The number of pyridine rings is 1. The summed E-state index contributed by atoms with van der Waals surface area (Å²) in [4.78, 5) is 17.7. The summed E-state index contributed by atoms with van der Waals surface area (Å²) in [6.45, 7) is 2.51. The van der Waals surface area contributed by atoms with Gasteiger partial charge in [-0.05, 0) is 60.5 Å². The van der Waals surface area contributed by atoms with Gasteiger partial charge < -0.3 is 19.2 Å². The first-order valence-electron chi connectivity index (χ1n) is 11.2. The summed E-state index contributed by atoms with van der Waals surface area (Å²) in [5.41, 5.74) is 4.90. The molecule has 1 amide bonds. The van der Waals surface area contributed by atoms with E-state index in [1.54, 1.807) is 25.3 Å². The number of methoxy groups -OCH3 is 2. The number of fused-ring (bicyclic) bond motifs is 1. The zero-order chi connectivity index (χ0) is 25.2. The molecule has 0 atom stereocenters. The second kappa shape index (κ2) is 9.75. The molecule has 8 nitrogen and oxygen atoms in total. The molecule has 3 aromatic heterocycles. The lowest BCUT2D eigenvalue weighted by molar-refractivity contribution is 0.102. The van der Waals surface area contributed by atoms with Crippen molar-refractivity contribution in [1.82, 2.24) is 19.2 Å². The van der Waals surface area contributed by atoms with Gasteiger partial charge in [-0.15, -0.1) is 0 Å². The van der Waals surface area contributed by atoms with E-state index >= 15 is 0 Å². The summed E-state index contributed by atoms with van der Waals surface area (Å²) in [5, 5.41) is 7.91. The standard InChI is InChI=1S/C27H24ClN5O3/c1-17-10-11-32-16-22(29-26(32)12-17)23-14-25(30-27(34)19-6-9-24(36-3)21(28)13-19)31-33(23)15-18-4-7-20(35-2)8-5-18/h4-14,16H,15H2,1-3H3,(H,30,31,34). The lowest BCUT2D eigenvalue weighted by atomic mass is 10.2. The quantitative estimate of drug-likeness (QED) is 0.319. The molecule has 36 heavy (non-hydrogen) atoms. The number of imidazole rings is 1. The van der Waals surface area contributed by atoms with Gasteiger partial charge in [0.05, 0.1) is 31.5 Å². The van der Waals surface area contributed by atoms with Gasteiger partial charge >= 0.3 is 0 Å². The topological polar surface area (TPSA) is 82.7 Å². The Bertz CT molecular complexity index is 1560. The molecular formula is C27H24ClN5O3. The van der Waals surface area contributed by atoms with E-state index in [1.807, 2.05) is 70.9 Å². The first-order chi connectivity index (χ1) is 17.4. The third kappa shape index (κ3) is 4.76. The van der Waals surface area contributed by atoms with Crippen LogP contribution in [0.1, 0.15) is 21.5 Å². The van der Waals surface area contributed by atoms with Gasteiger partial charge in [0, 0.05) is 24.0 Å². The smallest absolute Gasteiger partial charge is 0.256 e. The average Bonchev–Trinajstić information content (AvgIpc) is 3.47. The van der Waals surface area contributed by atoms with Gasteiger partial charge in [0.2, 0.25) is 0 Å². The van der Waals surface area contributed by atoms with E-state index in [0.29, 0.717) is 28.7 Å². The Balaban J connectivity index is 1.50. The molecule has 0 aliphatic heterocycles. The highest BCUT2D eigenvalue weighted by atomic mass is 35.5. The van der Waals surface area contributed by atoms with Crippen LogP contribution < -0.4 is 14.8 Å². The molecule has 182 valence electrons. The van der Waals surface area contributed by atoms with Crippen LogP contribution in [0.3, 0.4) is 0 Å². The summed E-state index contributed by atoms with van der Waals surface area (Å²) in [7, 11) is 3.16. The van der Waals surface area contributed by atoms with Crippen LogP contribution in [-0.4, -0.2) is 39.3 Å². The SMILES string of the molecule is COc1ccc(Cn2nc(NC(=O)c3ccc(OC)c(Cl)c3)cc2-c2cn3ccc(C)cc3n2)cc1. The van der Waals surface area contributed by atoms with E-state index in [-0.39, 0.29) is 5.91 Å². The Hall–Kier alpha value is -4.30. The fraction of sp³-hybridized carbons (Fsp3) is 0.148. The van der Waals surface area contributed by atoms with Crippen molar-refractivity contribution in [1.29, 1.82) is 0 Å². The van der Waals surface area contributed by atoms with Crippen molar-refractivity contribution in [3.8, 4) is 22.9 Å². The summed E-state index contributed by atoms with van der Waals surface area (Å²) >= 11 is 6.20. The number of amides is 1. The molecule has 0 bridgehead atoms. The molecule has 0 aliphatic rings. The van der Waals surface area contributed by atoms with Gasteiger partial charge in [0.1, 0.15) is 22.8 Å². The molecule has 0 aliphatic carbocycles. The van der Waals surface area contributed by atoms with Gasteiger partial charge in [0.25, 0.3) is 5.91 Å². The van der Waals surface area contributed by atoms with E-state index in [2.05, 4.69) is 10.4 Å². The molecule has 5 rings (SSSR count). The monoisotopic (exact) mass is 501 g/mol. The van der Waals surface area contributed by atoms with Gasteiger partial charge in [-0.1, -0.05) is 23.7 Å². The molecule has 3 heterocycles. The molecule has 0 radical (unpaired) electrons. The fourth-order valence-corrected chi connectivity index (χ4v) is 4.17. The number of benzene rings is 2. The van der Waals surface area contributed by atoms with E-state index < -0.39 is 0 Å². The van der Waals surface area contributed by atoms with Crippen molar-refractivity contribution in [2.45, 2.75) is 13.5 Å². The van der Waals surface area contributed by atoms with Crippen molar-refractivity contribution in [3.63, 3.8) is 0 Å². The molecule has 0 spiro atoms. The number of ether oxygens (including phenoxy) is 2. The van der Waals surface area contributed by atoms with Crippen LogP contribution in [0.2, 0.25) is 5.02 Å². The second-order valence-corrected chi connectivity index (χ2v) is 8.73. The van der Waals surface area contributed by atoms with Gasteiger partial charge in [-0.2, -0.15) is 5.10 Å². The van der Waals surface area contributed by atoms with Crippen LogP contribution >= 0.6 is 11.6 Å². The van der Waals surface area contributed by atoms with E-state index in [4.69, 9.17) is 26.1 Å². The average molecular weight is 502 g/mol. The number of aromatic nitrogens is 4. The van der Waals surface area contributed by atoms with Crippen molar-refractivity contribution in [3.05, 3.63) is 94.8 Å². The number of rotatable bonds is 7. The van der Waals surface area contributed by atoms with Crippen LogP contribution in [-0.2, 0) is 6.54 Å².